The topological polar surface area (TPSA) is 21.7 Å². The average Bonchev–Trinajstić information content (AvgIpc) is 2.61. The highest BCUT2D eigenvalue weighted by Gasteiger charge is 2.20. The lowest BCUT2D eigenvalue weighted by molar-refractivity contribution is -0.703. The summed E-state index contributed by atoms with van der Waals surface area (Å²) in [6.45, 7) is 3.24. The largest absolute Gasteiger partial charge is 1.00 e. The highest BCUT2D eigenvalue weighted by molar-refractivity contribution is 5.38. The van der Waals surface area contributed by atoms with E-state index in [1.807, 2.05) is 4.68 Å². The Labute approximate surface area is 114 Å². The van der Waals surface area contributed by atoms with Crippen molar-refractivity contribution >= 4 is 0 Å². The highest BCUT2D eigenvalue weighted by atomic mass is 35.5. The molecule has 0 radical (unpaired) electrons. The molecule has 3 nitrogen and oxygen atoms in total. The molecule has 0 N–H and O–H groups in total. The normalized spacial score (nSPS) is 14.5. The smallest absolute Gasteiger partial charge is 0.277 e. The van der Waals surface area contributed by atoms with Gasteiger partial charge in [0.1, 0.15) is 5.69 Å². The van der Waals surface area contributed by atoms with Crippen LogP contribution in [-0.2, 0) is 13.0 Å². The van der Waals surface area contributed by atoms with E-state index in [1.54, 1.807) is 0 Å². The van der Waals surface area contributed by atoms with Crippen LogP contribution in [0.15, 0.2) is 30.6 Å². The Hall–Kier alpha value is -1.35. The average molecular weight is 264 g/mol. The van der Waals surface area contributed by atoms with Gasteiger partial charge >= 0.3 is 0 Å². The van der Waals surface area contributed by atoms with Crippen molar-refractivity contribution < 1.29 is 17.0 Å². The summed E-state index contributed by atoms with van der Waals surface area (Å²) in [4.78, 5) is 0. The van der Waals surface area contributed by atoms with Crippen LogP contribution in [0.3, 0.4) is 0 Å². The predicted octanol–water partition coefficient (Wildman–Crippen LogP) is -0.801. The van der Waals surface area contributed by atoms with Crippen molar-refractivity contribution in [2.75, 3.05) is 0 Å². The molecule has 0 saturated carbocycles. The van der Waals surface area contributed by atoms with Gasteiger partial charge < -0.3 is 12.4 Å². The van der Waals surface area contributed by atoms with E-state index in [1.165, 1.54) is 36.3 Å². The van der Waals surface area contributed by atoms with Crippen molar-refractivity contribution in [1.29, 1.82) is 0 Å². The van der Waals surface area contributed by atoms with Crippen molar-refractivity contribution in [3.63, 3.8) is 0 Å². The highest BCUT2D eigenvalue weighted by Crippen LogP contribution is 2.13. The molecule has 1 aliphatic heterocycles. The SMILES string of the molecule is Cc1ccccc1-n1c[n+]2c(n1)CCCCC2.[Cl-]. The van der Waals surface area contributed by atoms with Gasteiger partial charge in [-0.3, -0.25) is 0 Å². The van der Waals surface area contributed by atoms with E-state index >= 15 is 0 Å². The van der Waals surface area contributed by atoms with Crippen molar-refractivity contribution in [2.45, 2.75) is 39.2 Å². The number of benzene rings is 1. The molecular weight excluding hydrogens is 246 g/mol. The lowest BCUT2D eigenvalue weighted by Gasteiger charge is -1.97. The lowest BCUT2D eigenvalue weighted by atomic mass is 10.2. The fourth-order valence-corrected chi connectivity index (χ4v) is 2.47. The second-order valence-electron chi connectivity index (χ2n) is 4.77. The second-order valence-corrected chi connectivity index (χ2v) is 4.77. The first kappa shape index (κ1) is 13.1. The molecule has 0 unspecified atom stereocenters. The number of hydrogen-bond acceptors (Lipinski definition) is 1. The maximum absolute atomic E-state index is 4.72. The first-order chi connectivity index (χ1) is 8.34. The van der Waals surface area contributed by atoms with Gasteiger partial charge in [0.25, 0.3) is 5.82 Å². The minimum atomic E-state index is 0. The van der Waals surface area contributed by atoms with Gasteiger partial charge in [-0.2, -0.15) is 0 Å². The summed E-state index contributed by atoms with van der Waals surface area (Å²) in [6.07, 6.45) is 7.12. The molecule has 96 valence electrons. The van der Waals surface area contributed by atoms with Crippen LogP contribution < -0.4 is 17.0 Å². The molecule has 0 saturated heterocycles. The first-order valence-electron chi connectivity index (χ1n) is 6.38. The summed E-state index contributed by atoms with van der Waals surface area (Å²) >= 11 is 0. The zero-order valence-electron chi connectivity index (χ0n) is 10.6. The Morgan fingerprint density at radius 3 is 2.83 bits per heavy atom. The third-order valence-electron chi connectivity index (χ3n) is 3.47. The summed E-state index contributed by atoms with van der Waals surface area (Å²) in [5.74, 6) is 1.23. The molecule has 0 bridgehead atoms. The Morgan fingerprint density at radius 2 is 2.00 bits per heavy atom. The molecule has 0 spiro atoms. The van der Waals surface area contributed by atoms with E-state index in [4.69, 9.17) is 5.10 Å². The van der Waals surface area contributed by atoms with Gasteiger partial charge in [-0.15, -0.1) is 0 Å². The molecule has 0 amide bonds. The van der Waals surface area contributed by atoms with Gasteiger partial charge in [-0.1, -0.05) is 22.9 Å². The van der Waals surface area contributed by atoms with E-state index in [2.05, 4.69) is 42.1 Å². The molecule has 4 heteroatoms. The Morgan fingerprint density at radius 1 is 1.17 bits per heavy atom. The second kappa shape index (κ2) is 5.53. The number of aromatic nitrogens is 3. The maximum atomic E-state index is 4.72. The number of aryl methyl sites for hydroxylation is 3. The van der Waals surface area contributed by atoms with E-state index in [0.717, 1.165) is 13.0 Å². The zero-order chi connectivity index (χ0) is 11.7. The predicted molar refractivity (Wildman–Crippen MR) is 66.1 cm³/mol. The Bertz CT molecular complexity index is 510. The summed E-state index contributed by atoms with van der Waals surface area (Å²) in [5.41, 5.74) is 2.46. The molecule has 3 rings (SSSR count). The number of halogens is 1. The standard InChI is InChI=1S/C14H18N3.ClH/c1-12-7-4-5-8-13(12)17-11-16-10-6-2-3-9-14(16)15-17;/h4-5,7-8,11H,2-3,6,9-10H2,1H3;1H/q+1;/p-1. The molecule has 1 aliphatic rings. The fraction of sp³-hybridized carbons (Fsp3) is 0.429. The Balaban J connectivity index is 0.00000120. The van der Waals surface area contributed by atoms with Crippen LogP contribution in [-0.4, -0.2) is 9.78 Å². The number of rotatable bonds is 1. The number of fused-ring (bicyclic) bond motifs is 1. The van der Waals surface area contributed by atoms with Crippen LogP contribution in [0.2, 0.25) is 0 Å². The monoisotopic (exact) mass is 263 g/mol. The minimum absolute atomic E-state index is 0. The molecule has 1 aromatic carbocycles. The van der Waals surface area contributed by atoms with Crippen molar-refractivity contribution in [1.82, 2.24) is 9.78 Å². The van der Waals surface area contributed by atoms with Gasteiger partial charge in [0.2, 0.25) is 6.33 Å². The van der Waals surface area contributed by atoms with Gasteiger partial charge in [-0.25, -0.2) is 4.57 Å². The van der Waals surface area contributed by atoms with E-state index in [0.29, 0.717) is 0 Å². The molecule has 1 aromatic heterocycles. The lowest BCUT2D eigenvalue weighted by Crippen LogP contribution is -3.00. The molecule has 18 heavy (non-hydrogen) atoms. The van der Waals surface area contributed by atoms with Crippen molar-refractivity contribution in [3.8, 4) is 5.69 Å². The maximum Gasteiger partial charge on any atom is 0.277 e. The summed E-state index contributed by atoms with van der Waals surface area (Å²) < 4.78 is 4.33. The van der Waals surface area contributed by atoms with Crippen LogP contribution >= 0.6 is 0 Å². The Kier molecular flexibility index (Phi) is 4.02. The van der Waals surface area contributed by atoms with Gasteiger partial charge in [0.05, 0.1) is 6.54 Å². The number of para-hydroxylation sites is 1. The molecule has 0 aliphatic carbocycles. The van der Waals surface area contributed by atoms with Crippen molar-refractivity contribution in [3.05, 3.63) is 42.0 Å². The summed E-state index contributed by atoms with van der Waals surface area (Å²) in [5, 5.41) is 4.72. The quantitative estimate of drug-likeness (QED) is 0.618. The summed E-state index contributed by atoms with van der Waals surface area (Å²) in [6, 6.07) is 8.40. The third-order valence-corrected chi connectivity index (χ3v) is 3.47. The van der Waals surface area contributed by atoms with Crippen molar-refractivity contribution in [2.24, 2.45) is 0 Å². The van der Waals surface area contributed by atoms with Crippen LogP contribution in [0, 0.1) is 6.92 Å². The number of nitrogens with zero attached hydrogens (tertiary/aromatic N) is 3. The van der Waals surface area contributed by atoms with Crippen LogP contribution in [0.4, 0.5) is 0 Å². The number of hydrogen-bond donors (Lipinski definition) is 0. The van der Waals surface area contributed by atoms with E-state index < -0.39 is 0 Å². The first-order valence-corrected chi connectivity index (χ1v) is 6.38. The zero-order valence-corrected chi connectivity index (χ0v) is 11.4. The summed E-state index contributed by atoms with van der Waals surface area (Å²) in [7, 11) is 0. The third kappa shape index (κ3) is 2.41. The molecule has 0 atom stereocenters. The molecule has 0 fully saturated rings. The van der Waals surface area contributed by atoms with Gasteiger partial charge in [0, 0.05) is 11.5 Å². The molecule has 2 heterocycles. The van der Waals surface area contributed by atoms with Gasteiger partial charge in [-0.05, 0) is 37.8 Å². The minimum Gasteiger partial charge on any atom is -1.00 e. The molecule has 2 aromatic rings. The fourth-order valence-electron chi connectivity index (χ4n) is 2.47. The van der Waals surface area contributed by atoms with Gasteiger partial charge in [0.15, 0.2) is 0 Å². The van der Waals surface area contributed by atoms with E-state index in [9.17, 15) is 0 Å². The van der Waals surface area contributed by atoms with E-state index in [-0.39, 0.29) is 12.4 Å². The van der Waals surface area contributed by atoms with Crippen LogP contribution in [0.1, 0.15) is 30.7 Å². The van der Waals surface area contributed by atoms with Crippen LogP contribution in [0.5, 0.6) is 0 Å². The van der Waals surface area contributed by atoms with Crippen LogP contribution in [0.25, 0.3) is 5.69 Å². The molecular formula is C14H18ClN3.